The lowest BCUT2D eigenvalue weighted by Crippen LogP contribution is -2.42. The first-order valence-electron chi connectivity index (χ1n) is 7.05. The molecule has 2 saturated heterocycles. The molecule has 2 aliphatic heterocycles. The van der Waals surface area contributed by atoms with Gasteiger partial charge in [0.2, 0.25) is 5.91 Å². The standard InChI is InChI=1S/C15H19FN2O2/c16-11-2-1-3-12(8-11)18-14(19)13-9-17-10-15(13)4-6-20-7-5-15/h1-3,8,13,17H,4-7,9-10H2,(H,18,19). The highest BCUT2D eigenvalue weighted by molar-refractivity contribution is 5.93. The molecule has 2 aliphatic rings. The number of anilines is 1. The average molecular weight is 278 g/mol. The minimum atomic E-state index is -0.340. The molecule has 1 spiro atoms. The van der Waals surface area contributed by atoms with E-state index in [1.165, 1.54) is 12.1 Å². The van der Waals surface area contributed by atoms with Crippen molar-refractivity contribution in [3.63, 3.8) is 0 Å². The fourth-order valence-corrected chi connectivity index (χ4v) is 3.27. The number of rotatable bonds is 2. The summed E-state index contributed by atoms with van der Waals surface area (Å²) in [5.41, 5.74) is 0.513. The fraction of sp³-hybridized carbons (Fsp3) is 0.533. The topological polar surface area (TPSA) is 50.4 Å². The molecule has 108 valence electrons. The molecule has 0 aliphatic carbocycles. The van der Waals surface area contributed by atoms with Crippen molar-refractivity contribution in [1.82, 2.24) is 5.32 Å². The molecule has 0 radical (unpaired) electrons. The van der Waals surface area contributed by atoms with E-state index >= 15 is 0 Å². The van der Waals surface area contributed by atoms with Gasteiger partial charge in [-0.1, -0.05) is 6.07 Å². The van der Waals surface area contributed by atoms with Crippen LogP contribution < -0.4 is 10.6 Å². The second-order valence-electron chi connectivity index (χ2n) is 5.66. The van der Waals surface area contributed by atoms with E-state index in [-0.39, 0.29) is 23.1 Å². The molecule has 20 heavy (non-hydrogen) atoms. The minimum absolute atomic E-state index is 0.00431. The zero-order valence-corrected chi connectivity index (χ0v) is 11.3. The number of hydrogen-bond donors (Lipinski definition) is 2. The molecule has 1 aromatic carbocycles. The zero-order chi connectivity index (χ0) is 14.0. The van der Waals surface area contributed by atoms with Crippen LogP contribution in [0.25, 0.3) is 0 Å². The summed E-state index contributed by atoms with van der Waals surface area (Å²) in [6, 6.07) is 6.02. The molecule has 4 nitrogen and oxygen atoms in total. The third-order valence-corrected chi connectivity index (χ3v) is 4.46. The van der Waals surface area contributed by atoms with E-state index in [1.54, 1.807) is 12.1 Å². The van der Waals surface area contributed by atoms with Crippen molar-refractivity contribution in [3.05, 3.63) is 30.1 Å². The normalized spacial score (nSPS) is 24.8. The zero-order valence-electron chi connectivity index (χ0n) is 11.3. The summed E-state index contributed by atoms with van der Waals surface area (Å²) in [7, 11) is 0. The number of benzene rings is 1. The van der Waals surface area contributed by atoms with Crippen molar-refractivity contribution in [2.45, 2.75) is 12.8 Å². The van der Waals surface area contributed by atoms with Gasteiger partial charge in [0.05, 0.1) is 5.92 Å². The van der Waals surface area contributed by atoms with E-state index in [1.807, 2.05) is 0 Å². The van der Waals surface area contributed by atoms with Crippen LogP contribution in [0.4, 0.5) is 10.1 Å². The van der Waals surface area contributed by atoms with Crippen molar-refractivity contribution >= 4 is 11.6 Å². The molecule has 2 heterocycles. The van der Waals surface area contributed by atoms with Crippen LogP contribution in [-0.4, -0.2) is 32.2 Å². The van der Waals surface area contributed by atoms with E-state index in [0.717, 1.165) is 19.4 Å². The minimum Gasteiger partial charge on any atom is -0.381 e. The van der Waals surface area contributed by atoms with Crippen molar-refractivity contribution in [3.8, 4) is 0 Å². The van der Waals surface area contributed by atoms with Gasteiger partial charge >= 0.3 is 0 Å². The maximum atomic E-state index is 13.2. The Bertz CT molecular complexity index is 500. The lowest BCUT2D eigenvalue weighted by Gasteiger charge is -2.37. The Labute approximate surface area is 117 Å². The second kappa shape index (κ2) is 5.50. The highest BCUT2D eigenvalue weighted by atomic mass is 19.1. The van der Waals surface area contributed by atoms with Crippen molar-refractivity contribution in [1.29, 1.82) is 0 Å². The van der Waals surface area contributed by atoms with Gasteiger partial charge in [-0.3, -0.25) is 4.79 Å². The first kappa shape index (κ1) is 13.5. The summed E-state index contributed by atoms with van der Waals surface area (Å²) >= 11 is 0. The van der Waals surface area contributed by atoms with Gasteiger partial charge in [0.25, 0.3) is 0 Å². The molecular formula is C15H19FN2O2. The lowest BCUT2D eigenvalue weighted by atomic mass is 9.72. The van der Waals surface area contributed by atoms with Gasteiger partial charge in [0.15, 0.2) is 0 Å². The third-order valence-electron chi connectivity index (χ3n) is 4.46. The molecule has 3 rings (SSSR count). The van der Waals surface area contributed by atoms with Crippen molar-refractivity contribution in [2.24, 2.45) is 11.3 Å². The number of hydrogen-bond acceptors (Lipinski definition) is 3. The van der Waals surface area contributed by atoms with Crippen LogP contribution in [0.5, 0.6) is 0 Å². The van der Waals surface area contributed by atoms with Crippen LogP contribution in [0.3, 0.4) is 0 Å². The van der Waals surface area contributed by atoms with Crippen molar-refractivity contribution in [2.75, 3.05) is 31.6 Å². The van der Waals surface area contributed by atoms with Gasteiger partial charge in [-0.05, 0) is 36.5 Å². The van der Waals surface area contributed by atoms with E-state index in [0.29, 0.717) is 25.4 Å². The van der Waals surface area contributed by atoms with Crippen LogP contribution in [0, 0.1) is 17.2 Å². The summed E-state index contributed by atoms with van der Waals surface area (Å²) in [4.78, 5) is 12.5. The largest absolute Gasteiger partial charge is 0.381 e. The van der Waals surface area contributed by atoms with Gasteiger partial charge < -0.3 is 15.4 Å². The SMILES string of the molecule is O=C(Nc1cccc(F)c1)C1CNCC12CCOCC2. The first-order chi connectivity index (χ1) is 9.70. The number of ether oxygens (including phenoxy) is 1. The van der Waals surface area contributed by atoms with Crippen LogP contribution in [0.1, 0.15) is 12.8 Å². The van der Waals surface area contributed by atoms with Gasteiger partial charge in [-0.15, -0.1) is 0 Å². The third kappa shape index (κ3) is 2.55. The number of amides is 1. The molecule has 1 unspecified atom stereocenters. The summed E-state index contributed by atoms with van der Waals surface area (Å²) in [5.74, 6) is -0.440. The second-order valence-corrected chi connectivity index (χ2v) is 5.66. The van der Waals surface area contributed by atoms with Gasteiger partial charge in [-0.25, -0.2) is 4.39 Å². The summed E-state index contributed by atoms with van der Waals surface area (Å²) in [5, 5.41) is 6.16. The maximum absolute atomic E-state index is 13.2. The molecule has 1 aromatic rings. The molecule has 1 atom stereocenters. The predicted octanol–water partition coefficient (Wildman–Crippen LogP) is 1.78. The highest BCUT2D eigenvalue weighted by Gasteiger charge is 2.47. The monoisotopic (exact) mass is 278 g/mol. The smallest absolute Gasteiger partial charge is 0.229 e. The van der Waals surface area contributed by atoms with Crippen molar-refractivity contribution < 1.29 is 13.9 Å². The number of carbonyl (C=O) groups excluding carboxylic acids is 1. The Morgan fingerprint density at radius 1 is 1.40 bits per heavy atom. The van der Waals surface area contributed by atoms with Crippen LogP contribution in [0.2, 0.25) is 0 Å². The highest BCUT2D eigenvalue weighted by Crippen LogP contribution is 2.41. The molecule has 5 heteroatoms. The molecule has 0 aromatic heterocycles. The van der Waals surface area contributed by atoms with E-state index in [2.05, 4.69) is 10.6 Å². The van der Waals surface area contributed by atoms with Gasteiger partial charge in [0.1, 0.15) is 5.82 Å². The van der Waals surface area contributed by atoms with Gasteiger partial charge in [0, 0.05) is 32.0 Å². The number of carbonyl (C=O) groups is 1. The van der Waals surface area contributed by atoms with Crippen LogP contribution in [0.15, 0.2) is 24.3 Å². The van der Waals surface area contributed by atoms with Crippen LogP contribution in [-0.2, 0) is 9.53 Å². The summed E-state index contributed by atoms with van der Waals surface area (Å²) in [6.45, 7) is 2.97. The van der Waals surface area contributed by atoms with E-state index in [9.17, 15) is 9.18 Å². The number of halogens is 1. The van der Waals surface area contributed by atoms with E-state index in [4.69, 9.17) is 4.74 Å². The first-order valence-corrected chi connectivity index (χ1v) is 7.05. The Hall–Kier alpha value is -1.46. The van der Waals surface area contributed by atoms with E-state index < -0.39 is 0 Å². The maximum Gasteiger partial charge on any atom is 0.229 e. The molecule has 0 saturated carbocycles. The molecular weight excluding hydrogens is 259 g/mol. The predicted molar refractivity (Wildman–Crippen MR) is 73.9 cm³/mol. The molecule has 1 amide bonds. The van der Waals surface area contributed by atoms with Gasteiger partial charge in [-0.2, -0.15) is 0 Å². The molecule has 0 bridgehead atoms. The Kier molecular flexibility index (Phi) is 3.72. The summed E-state index contributed by atoms with van der Waals surface area (Å²) < 4.78 is 18.6. The lowest BCUT2D eigenvalue weighted by molar-refractivity contribution is -0.124. The summed E-state index contributed by atoms with van der Waals surface area (Å²) in [6.07, 6.45) is 1.81. The Morgan fingerprint density at radius 2 is 2.20 bits per heavy atom. The molecule has 2 N–H and O–H groups in total. The Balaban J connectivity index is 1.73. The fourth-order valence-electron chi connectivity index (χ4n) is 3.27. The average Bonchev–Trinajstić information content (AvgIpc) is 2.83. The Morgan fingerprint density at radius 3 is 2.95 bits per heavy atom. The molecule has 2 fully saturated rings. The van der Waals surface area contributed by atoms with Crippen LogP contribution >= 0.6 is 0 Å². The number of nitrogens with one attached hydrogen (secondary N) is 2. The quantitative estimate of drug-likeness (QED) is 0.867.